The molecule has 0 fully saturated rings. The molecule has 0 nitrogen and oxygen atoms in total. The van der Waals surface area contributed by atoms with Crippen LogP contribution in [0.2, 0.25) is 0 Å². The normalized spacial score (nSPS) is 0.800. The van der Waals surface area contributed by atoms with Gasteiger partial charge in [0.05, 0.1) is 0 Å². The van der Waals surface area contributed by atoms with E-state index in [1.165, 1.54) is 0 Å². The molecule has 0 aliphatic heterocycles. The Bertz CT molecular complexity index is 11.6. The average molecular weight is 340 g/mol. The van der Waals surface area contributed by atoms with Crippen LogP contribution in [0.4, 0.5) is 0 Å². The predicted octanol–water partition coefficient (Wildman–Crippen LogP) is -2.49. The van der Waals surface area contributed by atoms with Crippen LogP contribution in [-0.2, 0) is 36.7 Å². The van der Waals surface area contributed by atoms with Gasteiger partial charge in [0.2, 0.25) is 0 Å². The SMILES string of the molecule is [BH2][Mo].[Mn].[RbH].[SrH2]. The summed E-state index contributed by atoms with van der Waals surface area (Å²) in [7, 11) is 0. The second kappa shape index (κ2) is 23.5. The van der Waals surface area contributed by atoms with Gasteiger partial charge >= 0.3 is 129 Å². The van der Waals surface area contributed by atoms with Crippen molar-refractivity contribution >= 4 is 110 Å². The van der Waals surface area contributed by atoms with E-state index in [0.717, 1.165) is 0 Å². The summed E-state index contributed by atoms with van der Waals surface area (Å²) < 4.78 is 0. The summed E-state index contributed by atoms with van der Waals surface area (Å²) in [5.41, 5.74) is 0. The Morgan fingerprint density at radius 1 is 1.20 bits per heavy atom. The minimum atomic E-state index is 0. The second-order valence-electron chi connectivity index (χ2n) is 0. The molecule has 0 saturated heterocycles. The topological polar surface area (TPSA) is 0 Å². The van der Waals surface area contributed by atoms with E-state index >= 15 is 0 Å². The van der Waals surface area contributed by atoms with Crippen LogP contribution in [0.3, 0.4) is 0 Å². The fourth-order valence-electron chi connectivity index (χ4n) is 0. The Morgan fingerprint density at radius 2 is 1.20 bits per heavy atom. The molecule has 24 valence electrons. The molecule has 0 aromatic heterocycles. The van der Waals surface area contributed by atoms with E-state index in [0.29, 0.717) is 0 Å². The molecule has 0 unspecified atom stereocenters. The molecule has 0 aliphatic carbocycles. The summed E-state index contributed by atoms with van der Waals surface area (Å²) in [6.45, 7) is 0. The molecule has 1 radical (unpaired) electrons. The van der Waals surface area contributed by atoms with Gasteiger partial charge in [-0.15, -0.1) is 0 Å². The first-order valence-corrected chi connectivity index (χ1v) is 2.42. The Morgan fingerprint density at radius 3 is 1.20 bits per heavy atom. The van der Waals surface area contributed by atoms with E-state index in [-0.39, 0.29) is 121 Å². The first kappa shape index (κ1) is 22.7. The molecule has 0 bridgehead atoms. The van der Waals surface area contributed by atoms with E-state index in [1.54, 1.807) is 0 Å². The van der Waals surface area contributed by atoms with E-state index in [1.807, 2.05) is 25.7 Å². The quantitative estimate of drug-likeness (QED) is 0.429. The van der Waals surface area contributed by atoms with Gasteiger partial charge < -0.3 is 0 Å². The van der Waals surface area contributed by atoms with Crippen molar-refractivity contribution in [1.82, 2.24) is 0 Å². The first-order valence-electron chi connectivity index (χ1n) is 0.408. The monoisotopic (exact) mass is 342 g/mol. The third kappa shape index (κ3) is 17.7. The Hall–Kier alpha value is 4.56. The molecule has 0 atom stereocenters. The van der Waals surface area contributed by atoms with E-state index in [4.69, 9.17) is 0 Å². The number of rotatable bonds is 0. The molecule has 0 saturated carbocycles. The number of hydrogen-bond acceptors (Lipinski definition) is 0. The molecule has 0 heterocycles. The van der Waals surface area contributed by atoms with Crippen LogP contribution in [0.15, 0.2) is 0 Å². The predicted molar refractivity (Wildman–Crippen MR) is 24.2 cm³/mol. The van der Waals surface area contributed by atoms with Crippen LogP contribution in [-0.4, -0.2) is 110 Å². The Balaban J connectivity index is -0.00000000167. The summed E-state index contributed by atoms with van der Waals surface area (Å²) in [6.07, 6.45) is 2.01. The molecule has 0 N–H and O–H groups in total. The summed E-state index contributed by atoms with van der Waals surface area (Å²) >= 11 is 1.95. The average Bonchev–Trinajstić information content (AvgIpc) is 1.00. The minimum absolute atomic E-state index is 0. The van der Waals surface area contributed by atoms with Crippen molar-refractivity contribution in [2.24, 2.45) is 0 Å². The molecule has 5 heavy (non-hydrogen) atoms. The van der Waals surface area contributed by atoms with E-state index < -0.39 is 0 Å². The molecule has 5 heteroatoms. The van der Waals surface area contributed by atoms with Gasteiger partial charge in [0.15, 0.2) is 0 Å². The fourth-order valence-corrected chi connectivity index (χ4v) is 0. The summed E-state index contributed by atoms with van der Waals surface area (Å²) in [4.78, 5) is 0. The van der Waals surface area contributed by atoms with E-state index in [9.17, 15) is 0 Å². The zero-order chi connectivity index (χ0) is 2.00. The first-order chi connectivity index (χ1) is 1.00. The fraction of sp³-hybridized carbons (Fsp3) is 0. The standard InChI is InChI=1S/BH2.Mn.Mo.Rb.Sr.3H/h1H2;;;;;;;/q+1;;-1;;;;;. The number of hydrogen-bond donors (Lipinski definition) is 0. The molecule has 0 aliphatic rings. The summed E-state index contributed by atoms with van der Waals surface area (Å²) in [5, 5.41) is 0. The van der Waals surface area contributed by atoms with Gasteiger partial charge in [-0.3, -0.25) is 0 Å². The molecule has 0 aromatic rings. The zero-order valence-electron chi connectivity index (χ0n) is 1.79. The van der Waals surface area contributed by atoms with Crippen molar-refractivity contribution in [2.75, 3.05) is 0 Å². The third-order valence-corrected chi connectivity index (χ3v) is 0. The maximum absolute atomic E-state index is 2.01. The van der Waals surface area contributed by atoms with Crippen molar-refractivity contribution in [1.29, 1.82) is 0 Å². The Labute approximate surface area is 142 Å². The van der Waals surface area contributed by atoms with Gasteiger partial charge in [0.25, 0.3) is 0 Å². The third-order valence-electron chi connectivity index (χ3n) is 0. The maximum atomic E-state index is 2.01. The van der Waals surface area contributed by atoms with Crippen LogP contribution >= 0.6 is 0 Å². The molecule has 0 amide bonds. The molecule has 0 aromatic carbocycles. The van der Waals surface area contributed by atoms with Crippen molar-refractivity contribution in [3.63, 3.8) is 0 Å². The van der Waals surface area contributed by atoms with Crippen LogP contribution in [0.5, 0.6) is 0 Å². The van der Waals surface area contributed by atoms with Crippen molar-refractivity contribution < 1.29 is 36.7 Å². The van der Waals surface area contributed by atoms with Crippen LogP contribution in [0.25, 0.3) is 0 Å². The molecule has 0 spiro atoms. The molecular formula is H5BMnMoRbSr. The van der Waals surface area contributed by atoms with Crippen molar-refractivity contribution in [3.8, 4) is 0 Å². The summed E-state index contributed by atoms with van der Waals surface area (Å²) in [6, 6.07) is 0. The van der Waals surface area contributed by atoms with Gasteiger partial charge in [-0.25, -0.2) is 0 Å². The zero-order valence-corrected chi connectivity index (χ0v) is 4.97. The Kier molecular flexibility index (Phi) is 107. The van der Waals surface area contributed by atoms with E-state index in [2.05, 4.69) is 0 Å². The van der Waals surface area contributed by atoms with Crippen molar-refractivity contribution in [2.45, 2.75) is 0 Å². The van der Waals surface area contributed by atoms with Crippen LogP contribution in [0, 0.1) is 0 Å². The van der Waals surface area contributed by atoms with Gasteiger partial charge in [-0.1, -0.05) is 0 Å². The van der Waals surface area contributed by atoms with Gasteiger partial charge in [-0.2, -0.15) is 0 Å². The van der Waals surface area contributed by atoms with Gasteiger partial charge in [0, 0.05) is 17.1 Å². The van der Waals surface area contributed by atoms with Crippen molar-refractivity contribution in [3.05, 3.63) is 0 Å². The summed E-state index contributed by atoms with van der Waals surface area (Å²) in [5.74, 6) is 0. The van der Waals surface area contributed by atoms with Gasteiger partial charge in [-0.05, 0) is 0 Å². The van der Waals surface area contributed by atoms with Crippen LogP contribution < -0.4 is 0 Å². The second-order valence-corrected chi connectivity index (χ2v) is 0. The molecule has 0 rings (SSSR count). The molecular weight excluding hydrogens is 335 g/mol. The van der Waals surface area contributed by atoms with Gasteiger partial charge in [0.1, 0.15) is 0 Å². The van der Waals surface area contributed by atoms with Crippen LogP contribution in [0.1, 0.15) is 0 Å².